The Morgan fingerprint density at radius 2 is 1.70 bits per heavy atom. The molecule has 0 N–H and O–H groups in total. The second kappa shape index (κ2) is 10.7. The van der Waals surface area contributed by atoms with Crippen LogP contribution in [0.15, 0.2) is 112 Å². The van der Waals surface area contributed by atoms with Crippen LogP contribution in [0.1, 0.15) is 11.1 Å². The predicted octanol–water partition coefficient (Wildman–Crippen LogP) is 6.86. The van der Waals surface area contributed by atoms with Gasteiger partial charge in [0, 0.05) is 39.7 Å². The second-order valence-corrected chi connectivity index (χ2v) is 8.89. The number of piperidine rings is 1. The Bertz CT molecular complexity index is 1050. The zero-order chi connectivity index (χ0) is 21.5. The standard InChI is InChI=1S/C26H23Br2NO/c1-3-9-21(19(2)27)14-23-17-29(16-20-10-5-4-6-11-20)18-24(26(23)30)15-22-12-7-8-13-25(22)28/h3-15H,1-2,16-18H2/b21-9-,23-14+,24-15+. The first-order valence-corrected chi connectivity index (χ1v) is 11.2. The summed E-state index contributed by atoms with van der Waals surface area (Å²) in [4.78, 5) is 15.6. The van der Waals surface area contributed by atoms with Crippen LogP contribution in [0.3, 0.4) is 0 Å². The van der Waals surface area contributed by atoms with E-state index in [0.717, 1.165) is 37.8 Å². The summed E-state index contributed by atoms with van der Waals surface area (Å²) in [5, 5.41) is 0. The van der Waals surface area contributed by atoms with Crippen LogP contribution in [0.4, 0.5) is 0 Å². The van der Waals surface area contributed by atoms with E-state index in [1.165, 1.54) is 5.56 Å². The lowest BCUT2D eigenvalue weighted by molar-refractivity contribution is -0.113. The quantitative estimate of drug-likeness (QED) is 0.303. The highest BCUT2D eigenvalue weighted by molar-refractivity contribution is 9.12. The molecule has 4 heteroatoms. The largest absolute Gasteiger partial charge is 0.290 e. The normalized spacial score (nSPS) is 18.1. The van der Waals surface area contributed by atoms with Gasteiger partial charge >= 0.3 is 0 Å². The maximum atomic E-state index is 13.3. The molecule has 0 unspecified atom stereocenters. The topological polar surface area (TPSA) is 20.3 Å². The summed E-state index contributed by atoms with van der Waals surface area (Å²) in [5.74, 6) is 0.0683. The van der Waals surface area contributed by atoms with Crippen molar-refractivity contribution in [3.05, 3.63) is 123 Å². The van der Waals surface area contributed by atoms with Crippen LogP contribution in [0.25, 0.3) is 6.08 Å². The van der Waals surface area contributed by atoms with Gasteiger partial charge in [-0.3, -0.25) is 9.69 Å². The highest BCUT2D eigenvalue weighted by Crippen LogP contribution is 2.27. The minimum Gasteiger partial charge on any atom is -0.290 e. The summed E-state index contributed by atoms with van der Waals surface area (Å²) < 4.78 is 1.69. The highest BCUT2D eigenvalue weighted by atomic mass is 79.9. The maximum Gasteiger partial charge on any atom is 0.187 e. The number of carbonyl (C=O) groups is 1. The summed E-state index contributed by atoms with van der Waals surface area (Å²) in [6, 6.07) is 18.3. The molecule has 1 saturated heterocycles. The van der Waals surface area contributed by atoms with Gasteiger partial charge in [-0.25, -0.2) is 0 Å². The molecule has 2 aromatic rings. The maximum absolute atomic E-state index is 13.3. The van der Waals surface area contributed by atoms with Crippen molar-refractivity contribution in [3.8, 4) is 0 Å². The molecule has 0 atom stereocenters. The number of rotatable bonds is 6. The molecule has 1 heterocycles. The molecule has 0 saturated carbocycles. The van der Waals surface area contributed by atoms with Crippen molar-refractivity contribution in [3.63, 3.8) is 0 Å². The molecule has 0 radical (unpaired) electrons. The van der Waals surface area contributed by atoms with Gasteiger partial charge in [0.2, 0.25) is 0 Å². The van der Waals surface area contributed by atoms with Gasteiger partial charge in [0.15, 0.2) is 5.78 Å². The molecule has 152 valence electrons. The van der Waals surface area contributed by atoms with E-state index in [9.17, 15) is 4.79 Å². The number of hydrogen-bond donors (Lipinski definition) is 0. The number of carbonyl (C=O) groups excluding carboxylic acids is 1. The average Bonchev–Trinajstić information content (AvgIpc) is 2.73. The van der Waals surface area contributed by atoms with Crippen molar-refractivity contribution in [2.24, 2.45) is 0 Å². The minimum absolute atomic E-state index is 0.0683. The van der Waals surface area contributed by atoms with E-state index in [1.54, 1.807) is 6.08 Å². The van der Waals surface area contributed by atoms with E-state index < -0.39 is 0 Å². The summed E-state index contributed by atoms with van der Waals surface area (Å²) in [6.45, 7) is 9.68. The molecule has 1 aliphatic rings. The predicted molar refractivity (Wildman–Crippen MR) is 133 cm³/mol. The monoisotopic (exact) mass is 523 g/mol. The SMILES string of the molecule is C=C/C=C(/C=C1\CN(Cc2ccccc2)C/C(=C\c2ccccc2Br)C1=O)C(=C)Br. The number of Topliss-reactive ketones (excluding diaryl/α,β-unsaturated/α-hetero) is 1. The third-order valence-electron chi connectivity index (χ3n) is 4.80. The molecule has 1 aliphatic heterocycles. The zero-order valence-corrected chi connectivity index (χ0v) is 19.8. The fourth-order valence-electron chi connectivity index (χ4n) is 3.37. The zero-order valence-electron chi connectivity index (χ0n) is 16.7. The molecule has 3 rings (SSSR count). The second-order valence-electron chi connectivity index (χ2n) is 7.08. The molecule has 0 spiro atoms. The van der Waals surface area contributed by atoms with E-state index in [0.29, 0.717) is 13.1 Å². The lowest BCUT2D eigenvalue weighted by Crippen LogP contribution is -2.37. The van der Waals surface area contributed by atoms with Crippen LogP contribution in [-0.4, -0.2) is 23.8 Å². The number of hydrogen-bond acceptors (Lipinski definition) is 2. The number of benzene rings is 2. The Labute approximate surface area is 195 Å². The summed E-state index contributed by atoms with van der Waals surface area (Å²) in [7, 11) is 0. The fourth-order valence-corrected chi connectivity index (χ4v) is 4.02. The van der Waals surface area contributed by atoms with Gasteiger partial charge in [0.05, 0.1) is 0 Å². The van der Waals surface area contributed by atoms with Crippen molar-refractivity contribution in [2.75, 3.05) is 13.1 Å². The van der Waals surface area contributed by atoms with E-state index in [-0.39, 0.29) is 5.78 Å². The Morgan fingerprint density at radius 3 is 2.37 bits per heavy atom. The molecule has 0 bridgehead atoms. The van der Waals surface area contributed by atoms with Crippen molar-refractivity contribution in [1.29, 1.82) is 0 Å². The first-order chi connectivity index (χ1) is 14.5. The van der Waals surface area contributed by atoms with Crippen molar-refractivity contribution < 1.29 is 4.79 Å². The fraction of sp³-hybridized carbons (Fsp3) is 0.115. The van der Waals surface area contributed by atoms with Crippen molar-refractivity contribution in [1.82, 2.24) is 4.90 Å². The third kappa shape index (κ3) is 5.88. The molecule has 30 heavy (non-hydrogen) atoms. The number of likely N-dealkylation sites (tertiary alicyclic amines) is 1. The molecule has 2 nitrogen and oxygen atoms in total. The first kappa shape index (κ1) is 22.4. The van der Waals surface area contributed by atoms with Gasteiger partial charge in [-0.1, -0.05) is 106 Å². The Hall–Kier alpha value is -2.27. The molecule has 0 amide bonds. The summed E-state index contributed by atoms with van der Waals surface area (Å²) in [6.07, 6.45) is 7.44. The lowest BCUT2D eigenvalue weighted by Gasteiger charge is -2.30. The summed E-state index contributed by atoms with van der Waals surface area (Å²) in [5.41, 5.74) is 4.57. The van der Waals surface area contributed by atoms with Gasteiger partial charge in [-0.2, -0.15) is 0 Å². The third-order valence-corrected chi connectivity index (χ3v) is 5.98. The number of halogens is 2. The first-order valence-electron chi connectivity index (χ1n) is 9.62. The van der Waals surface area contributed by atoms with Crippen LogP contribution < -0.4 is 0 Å². The van der Waals surface area contributed by atoms with E-state index in [4.69, 9.17) is 0 Å². The van der Waals surface area contributed by atoms with Crippen molar-refractivity contribution >= 4 is 43.7 Å². The Balaban J connectivity index is 2.00. The molecule has 0 aliphatic carbocycles. The van der Waals surface area contributed by atoms with E-state index >= 15 is 0 Å². The van der Waals surface area contributed by atoms with Crippen LogP contribution >= 0.6 is 31.9 Å². The Morgan fingerprint density at radius 1 is 1.03 bits per heavy atom. The smallest absolute Gasteiger partial charge is 0.187 e. The van der Waals surface area contributed by atoms with Crippen LogP contribution in [0.5, 0.6) is 0 Å². The Kier molecular flexibility index (Phi) is 7.97. The van der Waals surface area contributed by atoms with Crippen LogP contribution in [0, 0.1) is 0 Å². The summed E-state index contributed by atoms with van der Waals surface area (Å²) >= 11 is 7.02. The van der Waals surface area contributed by atoms with Gasteiger partial charge in [0.25, 0.3) is 0 Å². The lowest BCUT2D eigenvalue weighted by atomic mass is 9.93. The van der Waals surface area contributed by atoms with Gasteiger partial charge < -0.3 is 0 Å². The molecule has 2 aromatic carbocycles. The molecule has 0 aromatic heterocycles. The van der Waals surface area contributed by atoms with Gasteiger partial charge in [0.1, 0.15) is 0 Å². The molecular weight excluding hydrogens is 502 g/mol. The molecule has 1 fully saturated rings. The highest BCUT2D eigenvalue weighted by Gasteiger charge is 2.26. The minimum atomic E-state index is 0.0683. The van der Waals surface area contributed by atoms with Gasteiger partial charge in [-0.15, -0.1) is 0 Å². The molecular formula is C26H23Br2NO. The van der Waals surface area contributed by atoms with Crippen LogP contribution in [-0.2, 0) is 11.3 Å². The van der Waals surface area contributed by atoms with Gasteiger partial charge in [-0.05, 0) is 34.9 Å². The van der Waals surface area contributed by atoms with E-state index in [2.05, 4.69) is 62.1 Å². The van der Waals surface area contributed by atoms with E-state index in [1.807, 2.05) is 60.7 Å². The van der Waals surface area contributed by atoms with Crippen molar-refractivity contribution in [2.45, 2.75) is 6.54 Å². The average molecular weight is 525 g/mol. The number of allylic oxidation sites excluding steroid dienone is 5. The van der Waals surface area contributed by atoms with Crippen LogP contribution in [0.2, 0.25) is 0 Å². The number of nitrogens with zero attached hydrogens (tertiary/aromatic N) is 1. The number of ketones is 1.